The van der Waals surface area contributed by atoms with Gasteiger partial charge in [0.25, 0.3) is 11.8 Å². The predicted octanol–water partition coefficient (Wildman–Crippen LogP) is 5.55. The molecule has 2 rings (SSSR count). The van der Waals surface area contributed by atoms with Crippen molar-refractivity contribution >= 4 is 87.0 Å². The standard InChI is InChI=1S/C31H42Br4N6O6/c1-40(12-6-8-36-30(43)26(38-45)18-20-14-22(32)28(42)23(33)15-20)10-4-5-11-41(2)13-7-9-37-31(44)27(39-46)19-21-16-24(34)29(47-3)25(35)17-21/h14-17,42,45-46H,4-13,18-19H2,1-3H3,(H,36,43)(H,37,44)/b38-26+,39-27+. The van der Waals surface area contributed by atoms with E-state index in [1.54, 1.807) is 19.2 Å². The van der Waals surface area contributed by atoms with Crippen LogP contribution < -0.4 is 15.4 Å². The van der Waals surface area contributed by atoms with E-state index in [4.69, 9.17) is 4.74 Å². The number of ether oxygens (including phenoxy) is 1. The van der Waals surface area contributed by atoms with E-state index in [0.717, 1.165) is 66.4 Å². The molecule has 0 aliphatic rings. The summed E-state index contributed by atoms with van der Waals surface area (Å²) in [5, 5.41) is 40.6. The minimum Gasteiger partial charge on any atom is -0.506 e. The van der Waals surface area contributed by atoms with Gasteiger partial charge in [-0.05, 0) is 165 Å². The summed E-state index contributed by atoms with van der Waals surface area (Å²) >= 11 is 13.4. The zero-order valence-electron chi connectivity index (χ0n) is 26.7. The summed E-state index contributed by atoms with van der Waals surface area (Å²) in [5.74, 6) is -0.134. The van der Waals surface area contributed by atoms with E-state index in [2.05, 4.69) is 102 Å². The Kier molecular flexibility index (Phi) is 18.9. The molecule has 2 aromatic rings. The lowest BCUT2D eigenvalue weighted by Gasteiger charge is -2.19. The summed E-state index contributed by atoms with van der Waals surface area (Å²) in [5.41, 5.74) is 1.51. The highest BCUT2D eigenvalue weighted by Crippen LogP contribution is 2.35. The van der Waals surface area contributed by atoms with E-state index in [9.17, 15) is 25.1 Å². The van der Waals surface area contributed by atoms with Gasteiger partial charge in [-0.25, -0.2) is 0 Å². The van der Waals surface area contributed by atoms with Crippen molar-refractivity contribution in [3.63, 3.8) is 0 Å². The van der Waals surface area contributed by atoms with Crippen LogP contribution in [0.2, 0.25) is 0 Å². The van der Waals surface area contributed by atoms with Crippen molar-refractivity contribution in [2.75, 3.05) is 60.5 Å². The van der Waals surface area contributed by atoms with Gasteiger partial charge in [0, 0.05) is 25.9 Å². The molecule has 2 amide bonds. The number of methoxy groups -OCH3 is 1. The Balaban J connectivity index is 1.57. The Labute approximate surface area is 309 Å². The summed E-state index contributed by atoms with van der Waals surface area (Å²) in [7, 11) is 5.67. The van der Waals surface area contributed by atoms with Gasteiger partial charge in [-0.3, -0.25) is 9.59 Å². The van der Waals surface area contributed by atoms with Crippen LogP contribution in [0.1, 0.15) is 36.8 Å². The lowest BCUT2D eigenvalue weighted by molar-refractivity contribution is -0.115. The number of rotatable bonds is 20. The molecule has 16 heteroatoms. The number of hydrogen-bond donors (Lipinski definition) is 5. The molecule has 0 aromatic heterocycles. The van der Waals surface area contributed by atoms with Gasteiger partial charge in [-0.2, -0.15) is 0 Å². The second-order valence-electron chi connectivity index (χ2n) is 11.0. The first-order valence-electron chi connectivity index (χ1n) is 14.9. The lowest BCUT2D eigenvalue weighted by atomic mass is 10.1. The van der Waals surface area contributed by atoms with Crippen LogP contribution in [0.5, 0.6) is 11.5 Å². The van der Waals surface area contributed by atoms with E-state index < -0.39 is 11.8 Å². The van der Waals surface area contributed by atoms with Crippen LogP contribution in [0.4, 0.5) is 0 Å². The van der Waals surface area contributed by atoms with Crippen molar-refractivity contribution in [3.8, 4) is 11.5 Å². The molecule has 0 saturated carbocycles. The molecule has 0 radical (unpaired) electrons. The summed E-state index contributed by atoms with van der Waals surface area (Å²) in [6.07, 6.45) is 3.85. The molecular formula is C31H42Br4N6O6. The SMILES string of the molecule is COc1c(Br)cc(C/C(=N\O)C(=O)NCCCN(C)CCCCN(C)CCCNC(=O)/C(Cc2cc(Br)c(O)c(Br)c2)=N/O)cc1Br. The molecule has 0 saturated heterocycles. The summed E-state index contributed by atoms with van der Waals surface area (Å²) in [6, 6.07) is 6.98. The second kappa shape index (κ2) is 21.7. The number of unbranched alkanes of at least 4 members (excludes halogenated alkanes) is 1. The Morgan fingerprint density at radius 1 is 0.702 bits per heavy atom. The molecule has 0 aliphatic carbocycles. The van der Waals surface area contributed by atoms with E-state index in [1.165, 1.54) is 0 Å². The van der Waals surface area contributed by atoms with Gasteiger partial charge >= 0.3 is 0 Å². The zero-order valence-corrected chi connectivity index (χ0v) is 33.0. The van der Waals surface area contributed by atoms with E-state index in [-0.39, 0.29) is 30.0 Å². The minimum atomic E-state index is -0.435. The number of oxime groups is 2. The van der Waals surface area contributed by atoms with Gasteiger partial charge in [-0.1, -0.05) is 10.3 Å². The smallest absolute Gasteiger partial charge is 0.269 e. The van der Waals surface area contributed by atoms with Gasteiger partial charge in [0.1, 0.15) is 22.9 Å². The molecule has 0 aliphatic heterocycles. The van der Waals surface area contributed by atoms with Crippen molar-refractivity contribution in [1.82, 2.24) is 20.4 Å². The maximum absolute atomic E-state index is 12.5. The van der Waals surface area contributed by atoms with Crippen molar-refractivity contribution < 1.29 is 29.8 Å². The Bertz CT molecular complexity index is 1360. The molecule has 0 bridgehead atoms. The number of benzene rings is 2. The molecule has 260 valence electrons. The topological polar surface area (TPSA) is 159 Å². The van der Waals surface area contributed by atoms with Gasteiger partial charge in [-0.15, -0.1) is 0 Å². The number of carbonyl (C=O) groups is 2. The van der Waals surface area contributed by atoms with Crippen LogP contribution in [0.25, 0.3) is 0 Å². The van der Waals surface area contributed by atoms with Crippen LogP contribution in [-0.2, 0) is 22.4 Å². The molecule has 5 N–H and O–H groups in total. The molecule has 0 unspecified atom stereocenters. The molecule has 0 spiro atoms. The van der Waals surface area contributed by atoms with Gasteiger partial charge < -0.3 is 40.7 Å². The van der Waals surface area contributed by atoms with Gasteiger partial charge in [0.15, 0.2) is 0 Å². The number of phenolic OH excluding ortho intramolecular Hbond substituents is 1. The number of nitrogens with zero attached hydrogens (tertiary/aromatic N) is 4. The number of carbonyl (C=O) groups excluding carboxylic acids is 2. The Hall–Kier alpha value is -2.24. The fourth-order valence-electron chi connectivity index (χ4n) is 4.63. The average molecular weight is 914 g/mol. The molecular weight excluding hydrogens is 872 g/mol. The monoisotopic (exact) mass is 910 g/mol. The Morgan fingerprint density at radius 2 is 1.06 bits per heavy atom. The lowest BCUT2D eigenvalue weighted by Crippen LogP contribution is -2.35. The van der Waals surface area contributed by atoms with E-state index in [0.29, 0.717) is 33.3 Å². The van der Waals surface area contributed by atoms with Crippen LogP contribution in [0, 0.1) is 0 Å². The highest BCUT2D eigenvalue weighted by atomic mass is 79.9. The molecule has 2 aromatic carbocycles. The third-order valence-corrected chi connectivity index (χ3v) is 9.57. The first kappa shape index (κ1) is 40.9. The number of aromatic hydroxyl groups is 1. The number of phenols is 1. The molecule has 47 heavy (non-hydrogen) atoms. The molecule has 0 atom stereocenters. The second-order valence-corrected chi connectivity index (χ2v) is 14.4. The molecule has 0 heterocycles. The fourth-order valence-corrected chi connectivity index (χ4v) is 7.52. The van der Waals surface area contributed by atoms with Crippen molar-refractivity contribution in [2.45, 2.75) is 38.5 Å². The highest BCUT2D eigenvalue weighted by Gasteiger charge is 2.17. The maximum Gasteiger partial charge on any atom is 0.269 e. The maximum atomic E-state index is 12.5. The number of halogens is 4. The quantitative estimate of drug-likeness (QED) is 0.0501. The van der Waals surface area contributed by atoms with E-state index >= 15 is 0 Å². The van der Waals surface area contributed by atoms with E-state index in [1.807, 2.05) is 19.2 Å². The number of hydrogen-bond acceptors (Lipinski definition) is 10. The summed E-state index contributed by atoms with van der Waals surface area (Å²) < 4.78 is 7.72. The third-order valence-electron chi connectivity index (χ3n) is 7.18. The first-order chi connectivity index (χ1) is 22.4. The summed E-state index contributed by atoms with van der Waals surface area (Å²) in [6.45, 7) is 4.41. The largest absolute Gasteiger partial charge is 0.506 e. The highest BCUT2D eigenvalue weighted by molar-refractivity contribution is 9.11. The van der Waals surface area contributed by atoms with Crippen LogP contribution in [-0.4, -0.2) is 109 Å². The normalized spacial score (nSPS) is 12.1. The minimum absolute atomic E-state index is 0.00936. The molecule has 0 fully saturated rings. The van der Waals surface area contributed by atoms with Crippen LogP contribution >= 0.6 is 63.7 Å². The number of nitrogens with one attached hydrogen (secondary N) is 2. The van der Waals surface area contributed by atoms with Gasteiger partial charge in [0.05, 0.1) is 25.0 Å². The summed E-state index contributed by atoms with van der Waals surface area (Å²) in [4.78, 5) is 29.5. The van der Waals surface area contributed by atoms with Crippen LogP contribution in [0.15, 0.2) is 52.5 Å². The zero-order chi connectivity index (χ0) is 34.9. The predicted molar refractivity (Wildman–Crippen MR) is 197 cm³/mol. The van der Waals surface area contributed by atoms with Crippen molar-refractivity contribution in [3.05, 3.63) is 53.3 Å². The van der Waals surface area contributed by atoms with Crippen molar-refractivity contribution in [1.29, 1.82) is 0 Å². The Morgan fingerprint density at radius 3 is 1.43 bits per heavy atom. The first-order valence-corrected chi connectivity index (χ1v) is 18.1. The van der Waals surface area contributed by atoms with Crippen molar-refractivity contribution in [2.24, 2.45) is 10.3 Å². The fraction of sp³-hybridized carbons (Fsp3) is 0.484. The number of amides is 2. The van der Waals surface area contributed by atoms with Gasteiger partial charge in [0.2, 0.25) is 0 Å². The van der Waals surface area contributed by atoms with Crippen LogP contribution in [0.3, 0.4) is 0 Å². The average Bonchev–Trinajstić information content (AvgIpc) is 3.03. The third kappa shape index (κ3) is 14.4. The molecule has 12 nitrogen and oxygen atoms in total.